The van der Waals surface area contributed by atoms with E-state index in [0.717, 1.165) is 25.7 Å². The second kappa shape index (κ2) is 10.5. The van der Waals surface area contributed by atoms with Gasteiger partial charge in [0.15, 0.2) is 6.10 Å². The van der Waals surface area contributed by atoms with E-state index >= 15 is 0 Å². The highest BCUT2D eigenvalue weighted by Crippen LogP contribution is 2.42. The van der Waals surface area contributed by atoms with E-state index in [2.05, 4.69) is 10.6 Å². The van der Waals surface area contributed by atoms with E-state index in [-0.39, 0.29) is 30.0 Å². The maximum absolute atomic E-state index is 12.4. The van der Waals surface area contributed by atoms with Crippen LogP contribution in [0.1, 0.15) is 39.0 Å². The van der Waals surface area contributed by atoms with E-state index in [1.54, 1.807) is 0 Å². The number of nitrogens with one attached hydrogen (secondary N) is 2. The Morgan fingerprint density at radius 3 is 2.52 bits per heavy atom. The third kappa shape index (κ3) is 5.80. The first-order chi connectivity index (χ1) is 13.0. The molecule has 3 unspecified atom stereocenters. The van der Waals surface area contributed by atoms with Crippen LogP contribution in [0.5, 0.6) is 0 Å². The van der Waals surface area contributed by atoms with E-state index in [4.69, 9.17) is 18.9 Å². The van der Waals surface area contributed by atoms with Crippen LogP contribution in [0.3, 0.4) is 0 Å². The molecule has 0 aliphatic carbocycles. The van der Waals surface area contributed by atoms with Crippen molar-refractivity contribution in [2.75, 3.05) is 27.3 Å². The number of carbonyl (C=O) groups excluding carboxylic acids is 3. The minimum Gasteiger partial charge on any atom is -0.457 e. The van der Waals surface area contributed by atoms with Gasteiger partial charge in [0.25, 0.3) is 0 Å². The number of unbranched alkanes of at least 4 members (excludes halogenated alkanes) is 3. The standard InChI is InChI=1S/C18H30N2O7/c1-11(21)26-15-13-10-12(14(27-13)16(15)24-3)17(22)20-8-6-4-5-7-9-25-18(23)19-2/h12-16H,4-10H2,1-3H3,(H,19,23)(H,20,22)/t12?,13?,14-,15?,16+/m0/s1. The number of alkyl carbamates (subject to hydrolysis) is 1. The van der Waals surface area contributed by atoms with E-state index < -0.39 is 18.3 Å². The Hall–Kier alpha value is -1.87. The van der Waals surface area contributed by atoms with Crippen molar-refractivity contribution in [1.82, 2.24) is 10.6 Å². The molecule has 2 rings (SSSR count). The molecule has 9 nitrogen and oxygen atoms in total. The highest BCUT2D eigenvalue weighted by molar-refractivity contribution is 5.80. The van der Waals surface area contributed by atoms with Gasteiger partial charge in [-0.3, -0.25) is 9.59 Å². The number of methoxy groups -OCH3 is 1. The molecule has 0 radical (unpaired) electrons. The van der Waals surface area contributed by atoms with Crippen LogP contribution in [0.25, 0.3) is 0 Å². The van der Waals surface area contributed by atoms with Crippen molar-refractivity contribution >= 4 is 18.0 Å². The quantitative estimate of drug-likeness (QED) is 0.421. The first-order valence-corrected chi connectivity index (χ1v) is 9.45. The summed E-state index contributed by atoms with van der Waals surface area (Å²) in [5, 5.41) is 5.34. The highest BCUT2D eigenvalue weighted by atomic mass is 16.6. The summed E-state index contributed by atoms with van der Waals surface area (Å²) >= 11 is 0. The summed E-state index contributed by atoms with van der Waals surface area (Å²) in [5.41, 5.74) is 0. The lowest BCUT2D eigenvalue weighted by molar-refractivity contribution is -0.155. The van der Waals surface area contributed by atoms with Crippen LogP contribution < -0.4 is 10.6 Å². The van der Waals surface area contributed by atoms with Crippen molar-refractivity contribution in [3.8, 4) is 0 Å². The molecule has 2 heterocycles. The molecule has 0 aromatic rings. The largest absolute Gasteiger partial charge is 0.457 e. The van der Waals surface area contributed by atoms with Crippen LogP contribution in [0.2, 0.25) is 0 Å². The topological polar surface area (TPSA) is 112 Å². The van der Waals surface area contributed by atoms with Crippen molar-refractivity contribution in [3.63, 3.8) is 0 Å². The molecule has 2 amide bonds. The number of hydrogen-bond acceptors (Lipinski definition) is 7. The lowest BCUT2D eigenvalue weighted by atomic mass is 9.84. The van der Waals surface area contributed by atoms with Gasteiger partial charge in [0, 0.05) is 27.6 Å². The third-order valence-electron chi connectivity index (χ3n) is 4.95. The molecule has 2 saturated heterocycles. The molecule has 0 aromatic heterocycles. The molecule has 2 aliphatic rings. The summed E-state index contributed by atoms with van der Waals surface area (Å²) in [5.74, 6) is -0.707. The average Bonchev–Trinajstić information content (AvgIpc) is 3.21. The molecule has 27 heavy (non-hydrogen) atoms. The SMILES string of the molecule is CNC(=O)OCCCCCCNC(=O)C1CC2O[C@@H]1[C@@H](OC)C2OC(C)=O. The molecule has 2 N–H and O–H groups in total. The summed E-state index contributed by atoms with van der Waals surface area (Å²) < 4.78 is 21.4. The molecule has 0 saturated carbocycles. The van der Waals surface area contributed by atoms with Crippen LogP contribution in [0.4, 0.5) is 4.79 Å². The number of esters is 1. The van der Waals surface area contributed by atoms with Crippen molar-refractivity contribution in [1.29, 1.82) is 0 Å². The molecule has 2 aliphatic heterocycles. The van der Waals surface area contributed by atoms with Crippen LogP contribution >= 0.6 is 0 Å². The summed E-state index contributed by atoms with van der Waals surface area (Å²) in [6, 6.07) is 0. The minimum absolute atomic E-state index is 0.0474. The molecular formula is C18H30N2O7. The molecule has 2 fully saturated rings. The number of hydrogen-bond donors (Lipinski definition) is 2. The van der Waals surface area contributed by atoms with Crippen LogP contribution in [0.15, 0.2) is 0 Å². The van der Waals surface area contributed by atoms with Crippen molar-refractivity contribution in [3.05, 3.63) is 0 Å². The minimum atomic E-state index is -0.446. The Balaban J connectivity index is 1.62. The smallest absolute Gasteiger partial charge is 0.406 e. The normalized spacial score (nSPS) is 28.6. The Kier molecular flexibility index (Phi) is 8.30. The van der Waals surface area contributed by atoms with Crippen molar-refractivity contribution < 1.29 is 33.3 Å². The fourth-order valence-electron chi connectivity index (χ4n) is 3.67. The van der Waals surface area contributed by atoms with Crippen LogP contribution in [0, 0.1) is 5.92 Å². The maximum atomic E-state index is 12.4. The predicted molar refractivity (Wildman–Crippen MR) is 95.0 cm³/mol. The second-order valence-electron chi connectivity index (χ2n) is 6.85. The van der Waals surface area contributed by atoms with Crippen molar-refractivity contribution in [2.24, 2.45) is 5.92 Å². The number of rotatable bonds is 10. The van der Waals surface area contributed by atoms with Gasteiger partial charge in [-0.15, -0.1) is 0 Å². The first kappa shape index (κ1) is 21.4. The molecule has 154 valence electrons. The zero-order chi connectivity index (χ0) is 19.8. The number of fused-ring (bicyclic) bond motifs is 2. The fourth-order valence-corrected chi connectivity index (χ4v) is 3.67. The second-order valence-corrected chi connectivity index (χ2v) is 6.85. The van der Waals surface area contributed by atoms with Gasteiger partial charge in [-0.25, -0.2) is 4.79 Å². The summed E-state index contributed by atoms with van der Waals surface area (Å²) in [4.78, 5) is 34.6. The predicted octanol–water partition coefficient (Wildman–Crippen LogP) is 0.753. The number of amides is 2. The summed E-state index contributed by atoms with van der Waals surface area (Å²) in [6.45, 7) is 2.35. The van der Waals surface area contributed by atoms with Gasteiger partial charge in [0.2, 0.25) is 5.91 Å². The molecule has 2 bridgehead atoms. The highest BCUT2D eigenvalue weighted by Gasteiger charge is 2.58. The van der Waals surface area contributed by atoms with E-state index in [1.807, 2.05) is 0 Å². The molecule has 5 atom stereocenters. The maximum Gasteiger partial charge on any atom is 0.406 e. The van der Waals surface area contributed by atoms with Gasteiger partial charge < -0.3 is 29.6 Å². The monoisotopic (exact) mass is 386 g/mol. The molecule has 9 heteroatoms. The van der Waals surface area contributed by atoms with Gasteiger partial charge in [0.05, 0.1) is 24.7 Å². The zero-order valence-corrected chi connectivity index (χ0v) is 16.2. The molecule has 0 spiro atoms. The van der Waals surface area contributed by atoms with E-state index in [1.165, 1.54) is 21.1 Å². The zero-order valence-electron chi connectivity index (χ0n) is 16.2. The van der Waals surface area contributed by atoms with Crippen LogP contribution in [-0.4, -0.2) is 69.7 Å². The average molecular weight is 386 g/mol. The molecular weight excluding hydrogens is 356 g/mol. The van der Waals surface area contributed by atoms with E-state index in [0.29, 0.717) is 19.6 Å². The first-order valence-electron chi connectivity index (χ1n) is 9.45. The Morgan fingerprint density at radius 2 is 1.85 bits per heavy atom. The van der Waals surface area contributed by atoms with Crippen LogP contribution in [-0.2, 0) is 28.5 Å². The van der Waals surface area contributed by atoms with Crippen molar-refractivity contribution in [2.45, 2.75) is 63.4 Å². The van der Waals surface area contributed by atoms with Gasteiger partial charge in [-0.05, 0) is 25.7 Å². The number of carbonyl (C=O) groups is 3. The third-order valence-corrected chi connectivity index (χ3v) is 4.95. The summed E-state index contributed by atoms with van der Waals surface area (Å²) in [7, 11) is 3.06. The van der Waals surface area contributed by atoms with Gasteiger partial charge in [0.1, 0.15) is 6.10 Å². The van der Waals surface area contributed by atoms with Gasteiger partial charge >= 0.3 is 12.1 Å². The fraction of sp³-hybridized carbons (Fsp3) is 0.833. The van der Waals surface area contributed by atoms with Gasteiger partial charge in [-0.2, -0.15) is 0 Å². The molecule has 0 aromatic carbocycles. The van der Waals surface area contributed by atoms with Gasteiger partial charge in [-0.1, -0.05) is 6.42 Å². The number of ether oxygens (including phenoxy) is 4. The van der Waals surface area contributed by atoms with E-state index in [9.17, 15) is 14.4 Å². The summed E-state index contributed by atoms with van der Waals surface area (Å²) in [6.07, 6.45) is 2.12. The Bertz CT molecular complexity index is 528. The Morgan fingerprint density at radius 1 is 1.11 bits per heavy atom. The Labute approximate surface area is 159 Å². The lowest BCUT2D eigenvalue weighted by Gasteiger charge is -2.30. The lowest BCUT2D eigenvalue weighted by Crippen LogP contribution is -2.49.